The van der Waals surface area contributed by atoms with Gasteiger partial charge in [0.2, 0.25) is 0 Å². The van der Waals surface area contributed by atoms with Gasteiger partial charge in [-0.1, -0.05) is 30.3 Å². The summed E-state index contributed by atoms with van der Waals surface area (Å²) in [6, 6.07) is 9.98. The van der Waals surface area contributed by atoms with Crippen molar-refractivity contribution in [2.75, 3.05) is 7.05 Å². The van der Waals surface area contributed by atoms with Crippen LogP contribution in [0.25, 0.3) is 0 Å². The van der Waals surface area contributed by atoms with Gasteiger partial charge in [-0.3, -0.25) is 0 Å². The summed E-state index contributed by atoms with van der Waals surface area (Å²) in [5.74, 6) is 0. The van der Waals surface area contributed by atoms with E-state index in [9.17, 15) is 4.79 Å². The summed E-state index contributed by atoms with van der Waals surface area (Å²) in [4.78, 5) is 11.2. The summed E-state index contributed by atoms with van der Waals surface area (Å²) in [5.41, 5.74) is 0.987. The first-order chi connectivity index (χ1) is 7.03. The van der Waals surface area contributed by atoms with Crippen LogP contribution in [0.1, 0.15) is 19.4 Å². The van der Waals surface area contributed by atoms with Crippen molar-refractivity contribution in [2.24, 2.45) is 0 Å². The smallest absolute Gasteiger partial charge is 0.314 e. The van der Waals surface area contributed by atoms with E-state index in [1.54, 1.807) is 7.05 Å². The topological polar surface area (TPSA) is 41.1 Å². The molecule has 0 saturated heterocycles. The van der Waals surface area contributed by atoms with E-state index in [2.05, 4.69) is 22.8 Å². The van der Waals surface area contributed by atoms with Gasteiger partial charge >= 0.3 is 6.03 Å². The quantitative estimate of drug-likeness (QED) is 0.779. The fourth-order valence-corrected chi connectivity index (χ4v) is 1.52. The Labute approximate surface area is 90.9 Å². The summed E-state index contributed by atoms with van der Waals surface area (Å²) >= 11 is 0. The Kier molecular flexibility index (Phi) is 3.72. The summed E-state index contributed by atoms with van der Waals surface area (Å²) in [6.07, 6.45) is 0.821. The molecule has 0 saturated carbocycles. The summed E-state index contributed by atoms with van der Waals surface area (Å²) in [5, 5.41) is 5.46. The summed E-state index contributed by atoms with van der Waals surface area (Å²) in [7, 11) is 1.62. The van der Waals surface area contributed by atoms with Crippen LogP contribution in [0.2, 0.25) is 0 Å². The minimum absolute atomic E-state index is 0.143. The molecule has 1 aromatic carbocycles. The molecule has 0 atom stereocenters. The lowest BCUT2D eigenvalue weighted by Gasteiger charge is -2.26. The van der Waals surface area contributed by atoms with Crippen molar-refractivity contribution in [3.63, 3.8) is 0 Å². The van der Waals surface area contributed by atoms with E-state index >= 15 is 0 Å². The van der Waals surface area contributed by atoms with E-state index in [1.165, 1.54) is 5.56 Å². The number of urea groups is 1. The second-order valence-electron chi connectivity index (χ2n) is 4.25. The van der Waals surface area contributed by atoms with Gasteiger partial charge in [-0.15, -0.1) is 0 Å². The van der Waals surface area contributed by atoms with Crippen LogP contribution in [0.5, 0.6) is 0 Å². The predicted octanol–water partition coefficient (Wildman–Crippen LogP) is 1.94. The standard InChI is InChI=1S/C12H18N2O/c1-12(2,14-11(15)13-3)9-10-7-5-4-6-8-10/h4-8H,9H2,1-3H3,(H2,13,14,15). The van der Waals surface area contributed by atoms with Crippen LogP contribution < -0.4 is 10.6 Å². The molecule has 0 aliphatic heterocycles. The molecule has 0 aliphatic carbocycles. The van der Waals surface area contributed by atoms with Crippen LogP contribution in [0.4, 0.5) is 4.79 Å². The van der Waals surface area contributed by atoms with Gasteiger partial charge in [-0.25, -0.2) is 4.79 Å². The second kappa shape index (κ2) is 4.82. The molecule has 0 heterocycles. The molecule has 3 nitrogen and oxygen atoms in total. The number of carbonyl (C=O) groups is 1. The summed E-state index contributed by atoms with van der Waals surface area (Å²) < 4.78 is 0. The zero-order chi connectivity index (χ0) is 11.3. The molecule has 0 aromatic heterocycles. The van der Waals surface area contributed by atoms with Gasteiger partial charge in [-0.05, 0) is 25.8 Å². The van der Waals surface area contributed by atoms with Crippen LogP contribution in [-0.4, -0.2) is 18.6 Å². The van der Waals surface area contributed by atoms with Gasteiger partial charge in [0.1, 0.15) is 0 Å². The molecular formula is C12H18N2O. The molecule has 0 spiro atoms. The van der Waals surface area contributed by atoms with E-state index in [-0.39, 0.29) is 11.6 Å². The molecule has 2 amide bonds. The highest BCUT2D eigenvalue weighted by Crippen LogP contribution is 2.11. The Hall–Kier alpha value is -1.51. The number of hydrogen-bond donors (Lipinski definition) is 2. The highest BCUT2D eigenvalue weighted by atomic mass is 16.2. The van der Waals surface area contributed by atoms with Gasteiger partial charge in [0.05, 0.1) is 0 Å². The highest BCUT2D eigenvalue weighted by molar-refractivity contribution is 5.74. The van der Waals surface area contributed by atoms with Crippen LogP contribution in [0.3, 0.4) is 0 Å². The molecule has 0 aliphatic rings. The van der Waals surface area contributed by atoms with E-state index in [0.29, 0.717) is 0 Å². The molecule has 2 N–H and O–H groups in total. The van der Waals surface area contributed by atoms with Crippen LogP contribution in [-0.2, 0) is 6.42 Å². The molecule has 0 unspecified atom stereocenters. The zero-order valence-corrected chi connectivity index (χ0v) is 9.50. The maximum Gasteiger partial charge on any atom is 0.314 e. The third-order valence-electron chi connectivity index (χ3n) is 2.17. The third kappa shape index (κ3) is 4.02. The molecular weight excluding hydrogens is 188 g/mol. The van der Waals surface area contributed by atoms with Gasteiger partial charge < -0.3 is 10.6 Å². The fourth-order valence-electron chi connectivity index (χ4n) is 1.52. The minimum Gasteiger partial charge on any atom is -0.341 e. The number of rotatable bonds is 3. The minimum atomic E-state index is -0.235. The number of amides is 2. The summed E-state index contributed by atoms with van der Waals surface area (Å²) in [6.45, 7) is 4.02. The lowest BCUT2D eigenvalue weighted by Crippen LogP contribution is -2.48. The molecule has 1 aromatic rings. The highest BCUT2D eigenvalue weighted by Gasteiger charge is 2.19. The second-order valence-corrected chi connectivity index (χ2v) is 4.25. The number of nitrogens with one attached hydrogen (secondary N) is 2. The maximum atomic E-state index is 11.2. The number of carbonyl (C=O) groups excluding carboxylic acids is 1. The Morgan fingerprint density at radius 2 is 1.87 bits per heavy atom. The first-order valence-corrected chi connectivity index (χ1v) is 5.07. The number of benzene rings is 1. The van der Waals surface area contributed by atoms with Crippen LogP contribution in [0, 0.1) is 0 Å². The molecule has 3 heteroatoms. The fraction of sp³-hybridized carbons (Fsp3) is 0.417. The Bertz CT molecular complexity index is 320. The van der Waals surface area contributed by atoms with Crippen LogP contribution in [0.15, 0.2) is 30.3 Å². The predicted molar refractivity (Wildman–Crippen MR) is 61.8 cm³/mol. The average Bonchev–Trinajstić information content (AvgIpc) is 2.17. The Morgan fingerprint density at radius 1 is 1.27 bits per heavy atom. The molecule has 15 heavy (non-hydrogen) atoms. The van der Waals surface area contributed by atoms with E-state index < -0.39 is 0 Å². The molecule has 0 radical (unpaired) electrons. The van der Waals surface area contributed by atoms with E-state index in [1.807, 2.05) is 32.0 Å². The maximum absolute atomic E-state index is 11.2. The van der Waals surface area contributed by atoms with Crippen molar-refractivity contribution in [1.29, 1.82) is 0 Å². The van der Waals surface area contributed by atoms with Gasteiger partial charge in [0.25, 0.3) is 0 Å². The molecule has 1 rings (SSSR count). The van der Waals surface area contributed by atoms with Crippen molar-refractivity contribution < 1.29 is 4.79 Å². The molecule has 0 fully saturated rings. The Balaban J connectivity index is 2.60. The van der Waals surface area contributed by atoms with E-state index in [4.69, 9.17) is 0 Å². The van der Waals surface area contributed by atoms with Gasteiger partial charge in [0.15, 0.2) is 0 Å². The largest absolute Gasteiger partial charge is 0.341 e. The van der Waals surface area contributed by atoms with Gasteiger partial charge in [0, 0.05) is 12.6 Å². The molecule has 82 valence electrons. The monoisotopic (exact) mass is 206 g/mol. The SMILES string of the molecule is CNC(=O)NC(C)(C)Cc1ccccc1. The number of hydrogen-bond acceptors (Lipinski definition) is 1. The lowest BCUT2D eigenvalue weighted by molar-refractivity contribution is 0.231. The van der Waals surface area contributed by atoms with Crippen molar-refractivity contribution in [1.82, 2.24) is 10.6 Å². The third-order valence-corrected chi connectivity index (χ3v) is 2.17. The van der Waals surface area contributed by atoms with Crippen molar-refractivity contribution in [3.8, 4) is 0 Å². The Morgan fingerprint density at radius 3 is 2.40 bits per heavy atom. The zero-order valence-electron chi connectivity index (χ0n) is 9.50. The van der Waals surface area contributed by atoms with Gasteiger partial charge in [-0.2, -0.15) is 0 Å². The lowest BCUT2D eigenvalue weighted by atomic mass is 9.95. The van der Waals surface area contributed by atoms with E-state index in [0.717, 1.165) is 6.42 Å². The van der Waals surface area contributed by atoms with Crippen molar-refractivity contribution in [2.45, 2.75) is 25.8 Å². The average molecular weight is 206 g/mol. The van der Waals surface area contributed by atoms with Crippen molar-refractivity contribution >= 4 is 6.03 Å². The van der Waals surface area contributed by atoms with Crippen molar-refractivity contribution in [3.05, 3.63) is 35.9 Å². The molecule has 0 bridgehead atoms. The first-order valence-electron chi connectivity index (χ1n) is 5.07. The normalized spacial score (nSPS) is 10.9. The van der Waals surface area contributed by atoms with Crippen LogP contribution >= 0.6 is 0 Å². The first kappa shape index (κ1) is 11.6.